The van der Waals surface area contributed by atoms with Crippen LogP contribution in [0.2, 0.25) is 0 Å². The smallest absolute Gasteiger partial charge is 0.224 e. The summed E-state index contributed by atoms with van der Waals surface area (Å²) in [5.74, 6) is -1.09. The van der Waals surface area contributed by atoms with E-state index in [1.807, 2.05) is 84.9 Å². The first kappa shape index (κ1) is 28.5. The van der Waals surface area contributed by atoms with E-state index in [2.05, 4.69) is 10.6 Å². The molecule has 4 rings (SSSR count). The van der Waals surface area contributed by atoms with E-state index in [0.29, 0.717) is 25.7 Å². The average molecular weight is 531 g/mol. The molecule has 1 aliphatic carbocycles. The number of rotatable bonds is 13. The molecule has 3 aromatic rings. The number of nitrogens with one attached hydrogen (secondary N) is 2. The molecule has 7 nitrogen and oxygen atoms in total. The van der Waals surface area contributed by atoms with E-state index in [1.54, 1.807) is 0 Å². The van der Waals surface area contributed by atoms with Crippen molar-refractivity contribution in [2.75, 3.05) is 6.61 Å². The fourth-order valence-electron chi connectivity index (χ4n) is 5.33. The molecule has 0 radical (unpaired) electrons. The van der Waals surface area contributed by atoms with Crippen molar-refractivity contribution in [2.45, 2.75) is 62.8 Å². The number of aliphatic hydroxyl groups excluding tert-OH is 3. The maximum atomic E-state index is 13.7. The van der Waals surface area contributed by atoms with Crippen molar-refractivity contribution in [3.8, 4) is 0 Å². The molecule has 1 aliphatic rings. The van der Waals surface area contributed by atoms with Crippen molar-refractivity contribution in [3.05, 3.63) is 107 Å². The van der Waals surface area contributed by atoms with Gasteiger partial charge < -0.3 is 26.0 Å². The minimum atomic E-state index is -0.997. The summed E-state index contributed by atoms with van der Waals surface area (Å²) in [6.45, 7) is -0.0885. The van der Waals surface area contributed by atoms with Crippen molar-refractivity contribution >= 4 is 11.8 Å². The highest BCUT2D eigenvalue weighted by Gasteiger charge is 2.35. The van der Waals surface area contributed by atoms with E-state index >= 15 is 0 Å². The monoisotopic (exact) mass is 530 g/mol. The van der Waals surface area contributed by atoms with Crippen LogP contribution >= 0.6 is 0 Å². The van der Waals surface area contributed by atoms with Crippen LogP contribution in [0.25, 0.3) is 0 Å². The minimum absolute atomic E-state index is 0.0885. The van der Waals surface area contributed by atoms with E-state index in [-0.39, 0.29) is 31.3 Å². The van der Waals surface area contributed by atoms with Crippen LogP contribution in [0.3, 0.4) is 0 Å². The molecule has 206 valence electrons. The van der Waals surface area contributed by atoms with Gasteiger partial charge in [0.2, 0.25) is 11.8 Å². The van der Waals surface area contributed by atoms with Gasteiger partial charge >= 0.3 is 0 Å². The van der Waals surface area contributed by atoms with Gasteiger partial charge in [0, 0.05) is 25.4 Å². The summed E-state index contributed by atoms with van der Waals surface area (Å²) in [5.41, 5.74) is 3.85. The molecule has 0 bridgehead atoms. The summed E-state index contributed by atoms with van der Waals surface area (Å²) >= 11 is 0. The Hall–Kier alpha value is -3.52. The van der Waals surface area contributed by atoms with Gasteiger partial charge in [0.25, 0.3) is 0 Å². The standard InChI is InChI=1S/C32H38N2O5/c35-17-9-16-30(38)33-27(19-23-12-5-2-6-13-23)28(36)21-25(18-22-10-3-1-4-11-22)32(39)34-31-26-15-8-7-14-24(26)20-29(31)37/h1-8,10-15,25,27-29,31,35-37H,9,16-21H2,(H,33,38)(H,34,39)/t25-,27+,28+,29-,31+/m1/s1. The predicted octanol–water partition coefficient (Wildman–Crippen LogP) is 2.87. The molecule has 0 heterocycles. The van der Waals surface area contributed by atoms with Crippen molar-refractivity contribution < 1.29 is 24.9 Å². The van der Waals surface area contributed by atoms with Gasteiger partial charge in [-0.05, 0) is 47.9 Å². The SMILES string of the molecule is O=C(CCCO)N[C@@H](Cc1ccccc1)[C@@H](O)C[C@@H](Cc1ccccc1)C(=O)N[C@H]1c2ccccc2C[C@H]1O. The van der Waals surface area contributed by atoms with E-state index in [1.165, 1.54) is 0 Å². The number of hydrogen-bond donors (Lipinski definition) is 5. The lowest BCUT2D eigenvalue weighted by atomic mass is 9.88. The number of hydrogen-bond acceptors (Lipinski definition) is 5. The third kappa shape index (κ3) is 7.99. The van der Waals surface area contributed by atoms with Crippen LogP contribution in [0.5, 0.6) is 0 Å². The first-order valence-electron chi connectivity index (χ1n) is 13.7. The molecule has 0 fully saturated rings. The van der Waals surface area contributed by atoms with E-state index in [0.717, 1.165) is 22.3 Å². The zero-order chi connectivity index (χ0) is 27.6. The highest BCUT2D eigenvalue weighted by Crippen LogP contribution is 2.32. The highest BCUT2D eigenvalue weighted by molar-refractivity contribution is 5.80. The first-order valence-corrected chi connectivity index (χ1v) is 13.7. The van der Waals surface area contributed by atoms with E-state index in [4.69, 9.17) is 5.11 Å². The molecule has 3 aromatic carbocycles. The molecule has 7 heteroatoms. The summed E-state index contributed by atoms with van der Waals surface area (Å²) in [4.78, 5) is 26.3. The molecule has 0 aromatic heterocycles. The van der Waals surface area contributed by atoms with Gasteiger partial charge in [-0.3, -0.25) is 9.59 Å². The molecule has 5 atom stereocenters. The summed E-state index contributed by atoms with van der Waals surface area (Å²) in [6, 6.07) is 25.8. The molecule has 0 spiro atoms. The number of aliphatic hydroxyl groups is 3. The first-order chi connectivity index (χ1) is 18.9. The van der Waals surface area contributed by atoms with Gasteiger partial charge in [0.1, 0.15) is 0 Å². The summed E-state index contributed by atoms with van der Waals surface area (Å²) < 4.78 is 0. The quantitative estimate of drug-likeness (QED) is 0.233. The lowest BCUT2D eigenvalue weighted by molar-refractivity contribution is -0.127. The Morgan fingerprint density at radius 2 is 1.49 bits per heavy atom. The Balaban J connectivity index is 1.53. The zero-order valence-electron chi connectivity index (χ0n) is 22.1. The normalized spacial score (nSPS) is 18.5. The van der Waals surface area contributed by atoms with Gasteiger partial charge in [-0.2, -0.15) is 0 Å². The molecule has 5 N–H and O–H groups in total. The highest BCUT2D eigenvalue weighted by atomic mass is 16.3. The Labute approximate surface area is 229 Å². The maximum absolute atomic E-state index is 13.7. The lowest BCUT2D eigenvalue weighted by Crippen LogP contribution is -2.47. The second kappa shape index (κ2) is 14.0. The molecule has 0 saturated heterocycles. The number of fused-ring (bicyclic) bond motifs is 1. The van der Waals surface area contributed by atoms with Gasteiger partial charge in [-0.1, -0.05) is 84.9 Å². The van der Waals surface area contributed by atoms with Crippen LogP contribution in [0.1, 0.15) is 47.6 Å². The fraction of sp³-hybridized carbons (Fsp3) is 0.375. The van der Waals surface area contributed by atoms with Crippen LogP contribution in [0, 0.1) is 5.92 Å². The van der Waals surface area contributed by atoms with Gasteiger partial charge in [-0.25, -0.2) is 0 Å². The van der Waals surface area contributed by atoms with Gasteiger partial charge in [-0.15, -0.1) is 0 Å². The molecule has 2 amide bonds. The van der Waals surface area contributed by atoms with Crippen LogP contribution in [-0.2, 0) is 28.9 Å². The molecular formula is C32H38N2O5. The Kier molecular flexibility index (Phi) is 10.3. The molecule has 0 saturated carbocycles. The largest absolute Gasteiger partial charge is 0.396 e. The zero-order valence-corrected chi connectivity index (χ0v) is 22.1. The van der Waals surface area contributed by atoms with Crippen molar-refractivity contribution in [1.29, 1.82) is 0 Å². The van der Waals surface area contributed by atoms with Crippen LogP contribution < -0.4 is 10.6 Å². The minimum Gasteiger partial charge on any atom is -0.396 e. The fourth-order valence-corrected chi connectivity index (χ4v) is 5.33. The number of amides is 2. The molecular weight excluding hydrogens is 492 g/mol. The Morgan fingerprint density at radius 1 is 0.872 bits per heavy atom. The molecule has 0 aliphatic heterocycles. The topological polar surface area (TPSA) is 119 Å². The van der Waals surface area contributed by atoms with E-state index < -0.39 is 30.2 Å². The van der Waals surface area contributed by atoms with Gasteiger partial charge in [0.15, 0.2) is 0 Å². The predicted molar refractivity (Wildman–Crippen MR) is 150 cm³/mol. The summed E-state index contributed by atoms with van der Waals surface area (Å²) in [6.07, 6.45) is 0.195. The Morgan fingerprint density at radius 3 is 2.15 bits per heavy atom. The maximum Gasteiger partial charge on any atom is 0.224 e. The van der Waals surface area contributed by atoms with Crippen LogP contribution in [-0.4, -0.2) is 52.0 Å². The van der Waals surface area contributed by atoms with Crippen molar-refractivity contribution in [2.24, 2.45) is 5.92 Å². The third-order valence-electron chi connectivity index (χ3n) is 7.39. The van der Waals surface area contributed by atoms with Gasteiger partial charge in [0.05, 0.1) is 24.3 Å². The average Bonchev–Trinajstić information content (AvgIpc) is 3.26. The van der Waals surface area contributed by atoms with Crippen molar-refractivity contribution in [3.63, 3.8) is 0 Å². The van der Waals surface area contributed by atoms with E-state index in [9.17, 15) is 19.8 Å². The number of benzene rings is 3. The third-order valence-corrected chi connectivity index (χ3v) is 7.39. The molecule has 0 unspecified atom stereocenters. The van der Waals surface area contributed by atoms with Crippen molar-refractivity contribution in [1.82, 2.24) is 10.6 Å². The number of carbonyl (C=O) groups is 2. The summed E-state index contributed by atoms with van der Waals surface area (Å²) in [5, 5.41) is 37.2. The second-order valence-electron chi connectivity index (χ2n) is 10.3. The molecule has 39 heavy (non-hydrogen) atoms. The van der Waals surface area contributed by atoms with Crippen LogP contribution in [0.4, 0.5) is 0 Å². The summed E-state index contributed by atoms with van der Waals surface area (Å²) in [7, 11) is 0. The Bertz CT molecular complexity index is 1200. The number of carbonyl (C=O) groups excluding carboxylic acids is 2. The van der Waals surface area contributed by atoms with Crippen LogP contribution in [0.15, 0.2) is 84.9 Å². The second-order valence-corrected chi connectivity index (χ2v) is 10.3. The lowest BCUT2D eigenvalue weighted by Gasteiger charge is -2.29.